The van der Waals surface area contributed by atoms with Crippen molar-refractivity contribution in [1.29, 1.82) is 0 Å². The summed E-state index contributed by atoms with van der Waals surface area (Å²) in [5.41, 5.74) is -0.194. The van der Waals surface area contributed by atoms with Crippen LogP contribution in [0.25, 0.3) is 0 Å². The van der Waals surface area contributed by atoms with Gasteiger partial charge in [-0.2, -0.15) is 0 Å². The third-order valence-corrected chi connectivity index (χ3v) is 4.89. The first-order chi connectivity index (χ1) is 8.87. The minimum absolute atomic E-state index is 0.124. The van der Waals surface area contributed by atoms with Gasteiger partial charge in [0.2, 0.25) is 0 Å². The minimum atomic E-state index is -2.95. The molecule has 1 fully saturated rings. The predicted molar refractivity (Wildman–Crippen MR) is 74.4 cm³/mol. The number of rotatable bonds is 2. The highest BCUT2D eigenvalue weighted by Gasteiger charge is 2.20. The van der Waals surface area contributed by atoms with E-state index in [2.05, 4.69) is 9.97 Å². The maximum atomic E-state index is 11.6. The Balaban J connectivity index is 2.29. The van der Waals surface area contributed by atoms with E-state index in [1.54, 1.807) is 0 Å². The molecule has 1 aromatic rings. The second-order valence-electron chi connectivity index (χ2n) is 5.14. The Morgan fingerprint density at radius 3 is 2.74 bits per heavy atom. The lowest BCUT2D eigenvalue weighted by Crippen LogP contribution is -2.29. The first-order valence-corrected chi connectivity index (χ1v) is 8.26. The molecule has 0 atom stereocenters. The Labute approximate surface area is 112 Å². The maximum Gasteiger partial charge on any atom is 0.252 e. The molecule has 0 spiro atoms. The quantitative estimate of drug-likeness (QED) is 0.856. The number of hydrogen-bond acceptors (Lipinski definition) is 5. The van der Waals surface area contributed by atoms with Crippen molar-refractivity contribution in [2.75, 3.05) is 29.5 Å². The van der Waals surface area contributed by atoms with Crippen LogP contribution in [0.5, 0.6) is 0 Å². The molecule has 0 saturated carbocycles. The molecule has 6 nitrogen and oxygen atoms in total. The Bertz CT molecular complexity index is 607. The summed E-state index contributed by atoms with van der Waals surface area (Å²) in [7, 11) is -2.95. The van der Waals surface area contributed by atoms with Gasteiger partial charge in [-0.15, -0.1) is 0 Å². The molecular weight excluding hydrogens is 266 g/mol. The fourth-order valence-corrected chi connectivity index (χ4v) is 3.34. The zero-order valence-electron chi connectivity index (χ0n) is 11.2. The standard InChI is InChI=1S/C12H19N3O3S/c1-9(2)12-13-10(8-11(16)14-12)15-4-3-6-19(17,18)7-5-15/h8-9H,3-7H2,1-2H3,(H,13,14,16). The lowest BCUT2D eigenvalue weighted by molar-refractivity contribution is 0.597. The van der Waals surface area contributed by atoms with Crippen LogP contribution in [0.2, 0.25) is 0 Å². The summed E-state index contributed by atoms with van der Waals surface area (Å²) in [6, 6.07) is 1.43. The molecule has 2 rings (SSSR count). The zero-order valence-corrected chi connectivity index (χ0v) is 12.0. The fourth-order valence-electron chi connectivity index (χ4n) is 2.07. The van der Waals surface area contributed by atoms with E-state index in [0.29, 0.717) is 31.2 Å². The molecule has 1 aliphatic rings. The Kier molecular flexibility index (Phi) is 3.93. The highest BCUT2D eigenvalue weighted by atomic mass is 32.2. The van der Waals surface area contributed by atoms with E-state index < -0.39 is 9.84 Å². The lowest BCUT2D eigenvalue weighted by Gasteiger charge is -2.21. The van der Waals surface area contributed by atoms with E-state index in [-0.39, 0.29) is 23.0 Å². The van der Waals surface area contributed by atoms with Crippen LogP contribution >= 0.6 is 0 Å². The molecule has 1 saturated heterocycles. The first-order valence-electron chi connectivity index (χ1n) is 6.44. The molecule has 1 aromatic heterocycles. The number of hydrogen-bond donors (Lipinski definition) is 1. The number of nitrogens with one attached hydrogen (secondary N) is 1. The molecule has 0 amide bonds. The van der Waals surface area contributed by atoms with Gasteiger partial charge < -0.3 is 9.88 Å². The number of anilines is 1. The summed E-state index contributed by atoms with van der Waals surface area (Å²) in [5.74, 6) is 1.67. The smallest absolute Gasteiger partial charge is 0.252 e. The molecule has 106 valence electrons. The first kappa shape index (κ1) is 14.0. The largest absolute Gasteiger partial charge is 0.355 e. The molecule has 0 unspecified atom stereocenters. The van der Waals surface area contributed by atoms with Crippen LogP contribution in [-0.2, 0) is 9.84 Å². The average Bonchev–Trinajstić information content (AvgIpc) is 2.49. The zero-order chi connectivity index (χ0) is 14.0. The van der Waals surface area contributed by atoms with Crippen LogP contribution in [0.15, 0.2) is 10.9 Å². The van der Waals surface area contributed by atoms with Crippen molar-refractivity contribution in [3.05, 3.63) is 22.2 Å². The highest BCUT2D eigenvalue weighted by molar-refractivity contribution is 7.91. The average molecular weight is 285 g/mol. The van der Waals surface area contributed by atoms with Crippen molar-refractivity contribution in [3.8, 4) is 0 Å². The molecule has 1 N–H and O–H groups in total. The van der Waals surface area contributed by atoms with E-state index >= 15 is 0 Å². The van der Waals surface area contributed by atoms with E-state index in [1.165, 1.54) is 6.07 Å². The molecule has 19 heavy (non-hydrogen) atoms. The number of aromatic amines is 1. The van der Waals surface area contributed by atoms with Crippen LogP contribution in [0, 0.1) is 0 Å². The van der Waals surface area contributed by atoms with Crippen molar-refractivity contribution in [1.82, 2.24) is 9.97 Å². The summed E-state index contributed by atoms with van der Waals surface area (Å²) in [5, 5.41) is 0. The third-order valence-electron chi connectivity index (χ3n) is 3.17. The maximum absolute atomic E-state index is 11.6. The van der Waals surface area contributed by atoms with Crippen molar-refractivity contribution in [2.24, 2.45) is 0 Å². The second kappa shape index (κ2) is 5.32. The third kappa shape index (κ3) is 3.56. The molecule has 0 aliphatic carbocycles. The topological polar surface area (TPSA) is 83.1 Å². The van der Waals surface area contributed by atoms with Gasteiger partial charge in [-0.05, 0) is 6.42 Å². The van der Waals surface area contributed by atoms with Crippen molar-refractivity contribution >= 4 is 15.7 Å². The lowest BCUT2D eigenvalue weighted by atomic mass is 10.2. The fraction of sp³-hybridized carbons (Fsp3) is 0.667. The number of aromatic nitrogens is 2. The van der Waals surface area contributed by atoms with Gasteiger partial charge in [0.1, 0.15) is 11.6 Å². The second-order valence-corrected chi connectivity index (χ2v) is 7.44. The van der Waals surface area contributed by atoms with E-state index in [9.17, 15) is 13.2 Å². The molecule has 0 radical (unpaired) electrons. The van der Waals surface area contributed by atoms with Crippen molar-refractivity contribution in [2.45, 2.75) is 26.2 Å². The monoisotopic (exact) mass is 285 g/mol. The van der Waals surface area contributed by atoms with Crippen LogP contribution in [0.4, 0.5) is 5.82 Å². The molecule has 7 heteroatoms. The molecule has 2 heterocycles. The van der Waals surface area contributed by atoms with Crippen LogP contribution in [-0.4, -0.2) is 43.0 Å². The van der Waals surface area contributed by atoms with Crippen LogP contribution < -0.4 is 10.5 Å². The normalized spacial score (nSPS) is 19.4. The van der Waals surface area contributed by atoms with Gasteiger partial charge in [-0.3, -0.25) is 4.79 Å². The highest BCUT2D eigenvalue weighted by Crippen LogP contribution is 2.15. The summed E-state index contributed by atoms with van der Waals surface area (Å²) >= 11 is 0. The Morgan fingerprint density at radius 2 is 2.05 bits per heavy atom. The van der Waals surface area contributed by atoms with E-state index in [4.69, 9.17) is 0 Å². The summed E-state index contributed by atoms with van der Waals surface area (Å²) in [6.07, 6.45) is 0.577. The number of sulfone groups is 1. The van der Waals surface area contributed by atoms with Gasteiger partial charge in [0.15, 0.2) is 9.84 Å². The van der Waals surface area contributed by atoms with E-state index in [1.807, 2.05) is 18.7 Å². The number of nitrogens with zero attached hydrogens (tertiary/aromatic N) is 2. The van der Waals surface area contributed by atoms with Crippen LogP contribution in [0.3, 0.4) is 0 Å². The number of H-pyrrole nitrogens is 1. The Hall–Kier alpha value is -1.37. The van der Waals surface area contributed by atoms with Gasteiger partial charge in [0, 0.05) is 25.1 Å². The molecule has 0 bridgehead atoms. The summed E-state index contributed by atoms with van der Waals surface area (Å²) < 4.78 is 23.1. The van der Waals surface area contributed by atoms with Crippen LogP contribution in [0.1, 0.15) is 32.0 Å². The summed E-state index contributed by atoms with van der Waals surface area (Å²) in [6.45, 7) is 4.92. The van der Waals surface area contributed by atoms with Gasteiger partial charge in [0.05, 0.1) is 11.5 Å². The van der Waals surface area contributed by atoms with Gasteiger partial charge >= 0.3 is 0 Å². The molecular formula is C12H19N3O3S. The van der Waals surface area contributed by atoms with E-state index in [0.717, 1.165) is 0 Å². The molecule has 0 aromatic carbocycles. The molecule has 1 aliphatic heterocycles. The minimum Gasteiger partial charge on any atom is -0.355 e. The van der Waals surface area contributed by atoms with Crippen molar-refractivity contribution < 1.29 is 8.42 Å². The van der Waals surface area contributed by atoms with Crippen molar-refractivity contribution in [3.63, 3.8) is 0 Å². The predicted octanol–water partition coefficient (Wildman–Crippen LogP) is 0.518. The van der Waals surface area contributed by atoms with Gasteiger partial charge in [0.25, 0.3) is 5.56 Å². The summed E-state index contributed by atoms with van der Waals surface area (Å²) in [4.78, 5) is 20.6. The van der Waals surface area contributed by atoms with Gasteiger partial charge in [-0.1, -0.05) is 13.8 Å². The SMILES string of the molecule is CC(C)c1nc(N2CCCS(=O)(=O)CC2)cc(=O)[nH]1. The van der Waals surface area contributed by atoms with Gasteiger partial charge in [-0.25, -0.2) is 13.4 Å². The Morgan fingerprint density at radius 1 is 1.32 bits per heavy atom.